The number of halogens is 1. The molecule has 0 saturated carbocycles. The third-order valence-electron chi connectivity index (χ3n) is 5.87. The van der Waals surface area contributed by atoms with E-state index in [-0.39, 0.29) is 24.3 Å². The van der Waals surface area contributed by atoms with Crippen LogP contribution in [0.3, 0.4) is 0 Å². The lowest BCUT2D eigenvalue weighted by Crippen LogP contribution is -2.14. The number of pyridine rings is 1. The van der Waals surface area contributed by atoms with E-state index < -0.39 is 0 Å². The maximum atomic E-state index is 13.7. The van der Waals surface area contributed by atoms with E-state index in [0.29, 0.717) is 6.54 Å². The Labute approximate surface area is 188 Å². The zero-order chi connectivity index (χ0) is 22.8. The second-order valence-electron chi connectivity index (χ2n) is 8.82. The topological polar surface area (TPSA) is 60.9 Å². The third-order valence-corrected chi connectivity index (χ3v) is 5.87. The van der Waals surface area contributed by atoms with Crippen molar-refractivity contribution >= 4 is 16.6 Å². The van der Waals surface area contributed by atoms with Crippen molar-refractivity contribution < 1.29 is 9.50 Å². The van der Waals surface area contributed by atoms with E-state index >= 15 is 0 Å². The molecule has 0 aliphatic heterocycles. The Balaban J connectivity index is 1.86. The largest absolute Gasteiger partial charge is 0.392 e. The van der Waals surface area contributed by atoms with Gasteiger partial charge in [-0.25, -0.2) is 4.39 Å². The molecule has 2 aromatic heterocycles. The quantitative estimate of drug-likeness (QED) is 0.304. The van der Waals surface area contributed by atoms with Crippen LogP contribution in [0.4, 0.5) is 10.1 Å². The number of H-pyrrole nitrogens is 1. The highest BCUT2D eigenvalue weighted by Crippen LogP contribution is 2.37. The highest BCUT2D eigenvalue weighted by Gasteiger charge is 2.23. The molecule has 3 N–H and O–H groups in total. The number of rotatable bonds is 7. The van der Waals surface area contributed by atoms with Crippen LogP contribution in [-0.4, -0.2) is 15.1 Å². The van der Waals surface area contributed by atoms with Gasteiger partial charge in [0.15, 0.2) is 0 Å². The number of hydrogen-bond acceptors (Lipinski definition) is 3. The normalized spacial score (nSPS) is 11.6. The summed E-state index contributed by atoms with van der Waals surface area (Å²) in [5.74, 6) is 0.0775. The number of benzene rings is 2. The maximum Gasteiger partial charge on any atom is 0.123 e. The molecule has 2 heterocycles. The Bertz CT molecular complexity index is 1230. The highest BCUT2D eigenvalue weighted by atomic mass is 19.1. The zero-order valence-electron chi connectivity index (χ0n) is 19.0. The van der Waals surface area contributed by atoms with Crippen molar-refractivity contribution in [2.75, 3.05) is 5.32 Å². The van der Waals surface area contributed by atoms with Crippen LogP contribution >= 0.6 is 0 Å². The summed E-state index contributed by atoms with van der Waals surface area (Å²) < 4.78 is 13.7. The molecule has 5 heteroatoms. The second kappa shape index (κ2) is 9.13. The van der Waals surface area contributed by atoms with E-state index in [4.69, 9.17) is 4.98 Å². The van der Waals surface area contributed by atoms with Crippen molar-refractivity contribution in [1.82, 2.24) is 9.97 Å². The minimum absolute atomic E-state index is 0.118. The van der Waals surface area contributed by atoms with Crippen molar-refractivity contribution in [3.05, 3.63) is 83.1 Å². The van der Waals surface area contributed by atoms with E-state index in [9.17, 15) is 9.50 Å². The molecule has 0 aliphatic carbocycles. The first kappa shape index (κ1) is 22.0. The number of nitrogens with zero attached hydrogens (tertiary/aromatic N) is 1. The van der Waals surface area contributed by atoms with Crippen LogP contribution < -0.4 is 5.32 Å². The lowest BCUT2D eigenvalue weighted by Gasteiger charge is -2.24. The van der Waals surface area contributed by atoms with Crippen molar-refractivity contribution in [3.63, 3.8) is 0 Å². The van der Waals surface area contributed by atoms with Gasteiger partial charge in [0.25, 0.3) is 0 Å². The molecule has 0 radical (unpaired) electrons. The standard InChI is InChI=1S/C27H30FN3O/c1-16(2)26-22(14-30-21-10-7-18-11-12-29-24(18)13-21)25(19-5-8-20(28)9-6-19)23(15-32)27(31-26)17(3)4/h5-13,16-17,29-30,32H,14-15H2,1-4H3. The van der Waals surface area contributed by atoms with Gasteiger partial charge in [-0.2, -0.15) is 0 Å². The predicted octanol–water partition coefficient (Wildman–Crippen LogP) is 6.72. The van der Waals surface area contributed by atoms with Gasteiger partial charge in [0.05, 0.1) is 6.61 Å². The van der Waals surface area contributed by atoms with Gasteiger partial charge >= 0.3 is 0 Å². The maximum absolute atomic E-state index is 13.7. The van der Waals surface area contributed by atoms with Crippen LogP contribution in [0.5, 0.6) is 0 Å². The van der Waals surface area contributed by atoms with E-state index in [1.54, 1.807) is 12.1 Å². The van der Waals surface area contributed by atoms with Crippen LogP contribution in [-0.2, 0) is 13.2 Å². The van der Waals surface area contributed by atoms with Crippen LogP contribution in [0.2, 0.25) is 0 Å². The molecule has 166 valence electrons. The van der Waals surface area contributed by atoms with E-state index in [1.165, 1.54) is 12.1 Å². The zero-order valence-corrected chi connectivity index (χ0v) is 19.0. The summed E-state index contributed by atoms with van der Waals surface area (Å²) in [4.78, 5) is 8.27. The molecule has 0 amide bonds. The second-order valence-corrected chi connectivity index (χ2v) is 8.82. The fourth-order valence-corrected chi connectivity index (χ4v) is 4.31. The van der Waals surface area contributed by atoms with Gasteiger partial charge < -0.3 is 15.4 Å². The average molecular weight is 432 g/mol. The summed E-state index contributed by atoms with van der Waals surface area (Å²) in [7, 11) is 0. The lowest BCUT2D eigenvalue weighted by molar-refractivity contribution is 0.279. The summed E-state index contributed by atoms with van der Waals surface area (Å²) in [5.41, 5.74) is 7.65. The van der Waals surface area contributed by atoms with E-state index in [2.05, 4.69) is 56.2 Å². The van der Waals surface area contributed by atoms with Gasteiger partial charge in [-0.1, -0.05) is 45.9 Å². The molecule has 0 unspecified atom stereocenters. The first-order chi connectivity index (χ1) is 15.4. The van der Waals surface area contributed by atoms with Gasteiger partial charge in [0.1, 0.15) is 5.82 Å². The molecule has 32 heavy (non-hydrogen) atoms. The lowest BCUT2D eigenvalue weighted by atomic mass is 9.87. The molecule has 4 rings (SSSR count). The van der Waals surface area contributed by atoms with Crippen molar-refractivity contribution in [2.45, 2.75) is 52.7 Å². The Morgan fingerprint density at radius 2 is 1.62 bits per heavy atom. The average Bonchev–Trinajstić information content (AvgIpc) is 3.25. The SMILES string of the molecule is CC(C)c1nc(C(C)C)c(CNc2ccc3cc[nH]c3c2)c(-c2ccc(F)cc2)c1CO. The van der Waals surface area contributed by atoms with Crippen LogP contribution in [0.15, 0.2) is 54.7 Å². The van der Waals surface area contributed by atoms with Gasteiger partial charge in [0.2, 0.25) is 0 Å². The van der Waals surface area contributed by atoms with Crippen molar-refractivity contribution in [3.8, 4) is 11.1 Å². The Morgan fingerprint density at radius 1 is 0.938 bits per heavy atom. The summed E-state index contributed by atoms with van der Waals surface area (Å²) in [6.07, 6.45) is 1.93. The molecular weight excluding hydrogens is 401 g/mol. The molecule has 2 aromatic carbocycles. The van der Waals surface area contributed by atoms with Gasteiger partial charge in [0, 0.05) is 46.5 Å². The fraction of sp³-hybridized carbons (Fsp3) is 0.296. The number of aliphatic hydroxyl groups excluding tert-OH is 1. The van der Waals surface area contributed by atoms with Gasteiger partial charge in [-0.3, -0.25) is 4.98 Å². The Morgan fingerprint density at radius 3 is 2.28 bits per heavy atom. The Hall–Kier alpha value is -3.18. The molecule has 0 saturated heterocycles. The van der Waals surface area contributed by atoms with E-state index in [1.807, 2.05) is 12.3 Å². The number of anilines is 1. The third kappa shape index (κ3) is 4.26. The predicted molar refractivity (Wildman–Crippen MR) is 129 cm³/mol. The highest BCUT2D eigenvalue weighted by molar-refractivity contribution is 5.83. The minimum Gasteiger partial charge on any atom is -0.392 e. The summed E-state index contributed by atoms with van der Waals surface area (Å²) in [6, 6.07) is 14.8. The fourth-order valence-electron chi connectivity index (χ4n) is 4.31. The number of fused-ring (bicyclic) bond motifs is 1. The number of aromatic amines is 1. The molecule has 0 aliphatic rings. The van der Waals surface area contributed by atoms with Crippen molar-refractivity contribution in [2.24, 2.45) is 0 Å². The first-order valence-electron chi connectivity index (χ1n) is 11.1. The summed E-state index contributed by atoms with van der Waals surface area (Å²) in [5, 5.41) is 15.1. The molecule has 0 atom stereocenters. The molecule has 4 aromatic rings. The number of aliphatic hydroxyl groups is 1. The summed E-state index contributed by atoms with van der Waals surface area (Å²) >= 11 is 0. The van der Waals surface area contributed by atoms with Crippen molar-refractivity contribution in [1.29, 1.82) is 0 Å². The minimum atomic E-state index is -0.277. The molecule has 4 nitrogen and oxygen atoms in total. The van der Waals surface area contributed by atoms with Crippen LogP contribution in [0.1, 0.15) is 62.0 Å². The van der Waals surface area contributed by atoms with Crippen LogP contribution in [0, 0.1) is 5.82 Å². The number of aromatic nitrogens is 2. The number of hydrogen-bond donors (Lipinski definition) is 3. The molecule has 0 bridgehead atoms. The Kier molecular flexibility index (Phi) is 6.28. The summed E-state index contributed by atoms with van der Waals surface area (Å²) in [6.45, 7) is 8.87. The smallest absolute Gasteiger partial charge is 0.123 e. The monoisotopic (exact) mass is 431 g/mol. The van der Waals surface area contributed by atoms with E-state index in [0.717, 1.165) is 50.2 Å². The van der Waals surface area contributed by atoms with Gasteiger partial charge in [-0.15, -0.1) is 0 Å². The molecule has 0 spiro atoms. The van der Waals surface area contributed by atoms with Gasteiger partial charge in [-0.05, 0) is 58.7 Å². The molecule has 0 fully saturated rings. The first-order valence-corrected chi connectivity index (χ1v) is 11.1. The molecular formula is C27H30FN3O. The van der Waals surface area contributed by atoms with Crippen LogP contribution in [0.25, 0.3) is 22.0 Å². The number of nitrogens with one attached hydrogen (secondary N) is 2.